The van der Waals surface area contributed by atoms with Gasteiger partial charge in [0.25, 0.3) is 0 Å². The molecule has 0 fully saturated rings. The molecule has 9 rings (SSSR count). The lowest BCUT2D eigenvalue weighted by molar-refractivity contribution is 0.272. The largest absolute Gasteiger partial charge is 0.311 e. The lowest BCUT2D eigenvalue weighted by Crippen LogP contribution is -2.17. The summed E-state index contributed by atoms with van der Waals surface area (Å²) in [7, 11) is 0. The molecule has 0 aliphatic carbocycles. The smallest absolute Gasteiger partial charge is 0.0614 e. The van der Waals surface area contributed by atoms with Crippen molar-refractivity contribution in [1.29, 1.82) is 0 Å². The molecule has 3 nitrogen and oxygen atoms in total. The Hall–Kier alpha value is -8.27. The van der Waals surface area contributed by atoms with E-state index < -0.39 is 0 Å². The van der Waals surface area contributed by atoms with Crippen molar-refractivity contribution in [3.8, 4) is 0 Å². The third-order valence-corrected chi connectivity index (χ3v) is 11.2. The Labute approximate surface area is 377 Å². The predicted molar refractivity (Wildman–Crippen MR) is 271 cm³/mol. The van der Waals surface area contributed by atoms with Gasteiger partial charge < -0.3 is 4.90 Å². The average molecular weight is 824 g/mol. The molecule has 0 amide bonds. The summed E-state index contributed by atoms with van der Waals surface area (Å²) in [6.45, 7) is 1.43. The highest BCUT2D eigenvalue weighted by molar-refractivity contribution is 5.93. The Kier molecular flexibility index (Phi) is 13.2. The summed E-state index contributed by atoms with van der Waals surface area (Å²) in [5, 5.41) is 7.14. The number of rotatable bonds is 15. The first-order chi connectivity index (χ1) is 31.7. The number of hydrogen-bond acceptors (Lipinski definition) is 3. The predicted octanol–water partition coefficient (Wildman–Crippen LogP) is 15.4. The molecule has 0 bridgehead atoms. The lowest BCUT2D eigenvalue weighted by Gasteiger charge is -2.26. The molecule has 0 N–H and O–H groups in total. The maximum atomic E-state index is 5.01. The van der Waals surface area contributed by atoms with Crippen LogP contribution in [0.1, 0.15) is 50.1 Å². The van der Waals surface area contributed by atoms with Crippen LogP contribution in [0.25, 0.3) is 23.3 Å². The van der Waals surface area contributed by atoms with E-state index in [9.17, 15) is 0 Å². The normalized spacial score (nSPS) is 10.9. The minimum atomic E-state index is 0.713. The Balaban J connectivity index is 1.05. The van der Waals surface area contributed by atoms with Crippen LogP contribution in [0.4, 0.5) is 17.1 Å². The number of hydrogen-bond donors (Lipinski definition) is 0. The molecule has 0 saturated carbocycles. The summed E-state index contributed by atoms with van der Waals surface area (Å²) < 4.78 is 0. The number of hydrazone groups is 1. The van der Waals surface area contributed by atoms with E-state index in [0.29, 0.717) is 13.1 Å². The molecular weight excluding hydrogens is 775 g/mol. The van der Waals surface area contributed by atoms with Crippen LogP contribution in [0, 0.1) is 0 Å². The molecule has 0 spiro atoms. The maximum Gasteiger partial charge on any atom is 0.0614 e. The zero-order valence-electron chi connectivity index (χ0n) is 35.7. The Morgan fingerprint density at radius 2 is 0.594 bits per heavy atom. The number of anilines is 3. The molecule has 0 heterocycles. The van der Waals surface area contributed by atoms with Gasteiger partial charge in [0.2, 0.25) is 0 Å². The van der Waals surface area contributed by atoms with E-state index in [0.717, 1.165) is 33.8 Å². The van der Waals surface area contributed by atoms with E-state index in [1.807, 2.05) is 6.21 Å². The summed E-state index contributed by atoms with van der Waals surface area (Å²) in [5.41, 5.74) is 16.0. The van der Waals surface area contributed by atoms with Crippen molar-refractivity contribution in [2.45, 2.75) is 13.1 Å². The van der Waals surface area contributed by atoms with E-state index in [4.69, 9.17) is 5.10 Å². The molecule has 64 heavy (non-hydrogen) atoms. The average Bonchev–Trinajstić information content (AvgIpc) is 3.37. The van der Waals surface area contributed by atoms with Crippen molar-refractivity contribution in [3.05, 3.63) is 305 Å². The zero-order valence-corrected chi connectivity index (χ0v) is 35.7. The first kappa shape index (κ1) is 41.1. The van der Waals surface area contributed by atoms with Crippen molar-refractivity contribution in [2.24, 2.45) is 5.10 Å². The van der Waals surface area contributed by atoms with Gasteiger partial charge in [-0.05, 0) is 110 Å². The third-order valence-electron chi connectivity index (χ3n) is 11.2. The highest BCUT2D eigenvalue weighted by Crippen LogP contribution is 2.36. The second-order valence-electron chi connectivity index (χ2n) is 15.7. The van der Waals surface area contributed by atoms with Gasteiger partial charge in [-0.3, -0.25) is 5.01 Å². The van der Waals surface area contributed by atoms with Gasteiger partial charge >= 0.3 is 0 Å². The highest BCUT2D eigenvalue weighted by Gasteiger charge is 2.14. The zero-order chi connectivity index (χ0) is 43.2. The van der Waals surface area contributed by atoms with Crippen LogP contribution in [0.5, 0.6) is 0 Å². The van der Waals surface area contributed by atoms with Crippen molar-refractivity contribution < 1.29 is 0 Å². The van der Waals surface area contributed by atoms with E-state index >= 15 is 0 Å². The first-order valence-electron chi connectivity index (χ1n) is 21.8. The van der Waals surface area contributed by atoms with Gasteiger partial charge in [0.05, 0.1) is 19.3 Å². The van der Waals surface area contributed by atoms with Gasteiger partial charge in [0.15, 0.2) is 0 Å². The molecule has 308 valence electrons. The number of benzene rings is 9. The van der Waals surface area contributed by atoms with Crippen LogP contribution in [0.15, 0.2) is 260 Å². The molecule has 0 aliphatic heterocycles. The van der Waals surface area contributed by atoms with Crippen molar-refractivity contribution in [1.82, 2.24) is 5.01 Å². The molecule has 0 aliphatic rings. The second kappa shape index (κ2) is 20.5. The maximum absolute atomic E-state index is 5.01. The quantitative estimate of drug-likeness (QED) is 0.0583. The SMILES string of the molecule is C(=C(c1ccccc1)c1ccccc1)c1ccc(N(c2ccc(C=C(c3ccccc3)c3ccccc3)cc2)c2ccc(/C=N\N(Cc3ccccc3)Cc3ccccc3)cc2)cc1. The van der Waals surface area contributed by atoms with Gasteiger partial charge in [-0.1, -0.05) is 218 Å². The van der Waals surface area contributed by atoms with Gasteiger partial charge in [-0.2, -0.15) is 5.10 Å². The van der Waals surface area contributed by atoms with Gasteiger partial charge in [-0.15, -0.1) is 0 Å². The molecule has 0 unspecified atom stereocenters. The number of nitrogens with zero attached hydrogens (tertiary/aromatic N) is 3. The molecular formula is C61H49N3. The topological polar surface area (TPSA) is 18.8 Å². The highest BCUT2D eigenvalue weighted by atomic mass is 15.4. The lowest BCUT2D eigenvalue weighted by atomic mass is 9.95. The fourth-order valence-corrected chi connectivity index (χ4v) is 7.94. The van der Waals surface area contributed by atoms with Crippen LogP contribution in [-0.4, -0.2) is 11.2 Å². The summed E-state index contributed by atoms with van der Waals surface area (Å²) in [4.78, 5) is 2.32. The van der Waals surface area contributed by atoms with Crippen molar-refractivity contribution in [2.75, 3.05) is 4.90 Å². The van der Waals surface area contributed by atoms with Crippen LogP contribution in [-0.2, 0) is 13.1 Å². The summed E-state index contributed by atoms with van der Waals surface area (Å²) >= 11 is 0. The summed E-state index contributed by atoms with van der Waals surface area (Å²) in [6, 6.07) is 89.9. The van der Waals surface area contributed by atoms with Crippen molar-refractivity contribution in [3.63, 3.8) is 0 Å². The molecule has 0 saturated heterocycles. The molecule has 9 aromatic rings. The monoisotopic (exact) mass is 823 g/mol. The first-order valence-corrected chi connectivity index (χ1v) is 21.8. The van der Waals surface area contributed by atoms with Gasteiger partial charge in [0, 0.05) is 17.1 Å². The van der Waals surface area contributed by atoms with Crippen LogP contribution < -0.4 is 4.90 Å². The minimum absolute atomic E-state index is 0.713. The third kappa shape index (κ3) is 10.6. The van der Waals surface area contributed by atoms with E-state index in [1.165, 1.54) is 44.5 Å². The van der Waals surface area contributed by atoms with E-state index in [-0.39, 0.29) is 0 Å². The van der Waals surface area contributed by atoms with Crippen molar-refractivity contribution >= 4 is 46.6 Å². The fraction of sp³-hybridized carbons (Fsp3) is 0.0328. The van der Waals surface area contributed by atoms with E-state index in [1.54, 1.807) is 0 Å². The summed E-state index contributed by atoms with van der Waals surface area (Å²) in [6.07, 6.45) is 6.53. The Bertz CT molecular complexity index is 2650. The Morgan fingerprint density at radius 3 is 0.906 bits per heavy atom. The molecule has 0 atom stereocenters. The van der Waals surface area contributed by atoms with Crippen LogP contribution in [0.2, 0.25) is 0 Å². The van der Waals surface area contributed by atoms with Gasteiger partial charge in [0.1, 0.15) is 0 Å². The summed E-state index contributed by atoms with van der Waals surface area (Å²) in [5.74, 6) is 0. The van der Waals surface area contributed by atoms with Gasteiger partial charge in [-0.25, -0.2) is 0 Å². The fourth-order valence-electron chi connectivity index (χ4n) is 7.94. The molecule has 0 aromatic heterocycles. The minimum Gasteiger partial charge on any atom is -0.311 e. The second-order valence-corrected chi connectivity index (χ2v) is 15.7. The van der Waals surface area contributed by atoms with E-state index in [2.05, 4.69) is 277 Å². The standard InChI is InChI=1S/C61H49N3/c1-7-19-51(20-8-1)46-63(47-52-21-9-2-10-22-52)62-45-50-35-41-59(42-36-50)64(57-37-31-48(32-38-57)43-60(53-23-11-3-12-24-53)54-25-13-4-14-26-54)58-39-33-49(34-40-58)44-61(55-27-15-5-16-28-55)56-29-17-6-18-30-56/h1-45H,46-47H2/b62-45-. The molecule has 0 radical (unpaired) electrons. The van der Waals surface area contributed by atoms with Crippen LogP contribution in [0.3, 0.4) is 0 Å². The Morgan fingerprint density at radius 1 is 0.312 bits per heavy atom. The molecule has 3 heteroatoms. The van der Waals surface area contributed by atoms with Crippen LogP contribution >= 0.6 is 0 Å². The molecule has 9 aromatic carbocycles.